The molecule has 0 atom stereocenters. The normalized spacial score (nSPS) is 16.2. The molecule has 1 fully saturated rings. The van der Waals surface area contributed by atoms with Gasteiger partial charge < -0.3 is 5.73 Å². The largest absolute Gasteiger partial charge is 0.366 e. The minimum Gasteiger partial charge on any atom is -0.366 e. The lowest BCUT2D eigenvalue weighted by Crippen LogP contribution is -2.45. The van der Waals surface area contributed by atoms with Crippen molar-refractivity contribution in [2.24, 2.45) is 5.73 Å². The van der Waals surface area contributed by atoms with Crippen molar-refractivity contribution < 1.29 is 4.79 Å². The number of rotatable bonds is 5. The maximum Gasteiger partial charge on any atom is 0.248 e. The molecule has 0 saturated carbocycles. The topological polar surface area (TPSA) is 49.6 Å². The molecular weight excluding hydrogens is 342 g/mol. The molecule has 0 spiro atoms. The van der Waals surface area contributed by atoms with Crippen LogP contribution in [0.25, 0.3) is 10.1 Å². The summed E-state index contributed by atoms with van der Waals surface area (Å²) in [5.41, 5.74) is 8.54. The zero-order valence-corrected chi connectivity index (χ0v) is 15.5. The summed E-state index contributed by atoms with van der Waals surface area (Å²) in [6, 6.07) is 16.3. The van der Waals surface area contributed by atoms with Crippen molar-refractivity contribution >= 4 is 27.3 Å². The number of carbonyl (C=O) groups excluding carboxylic acids is 1. The first-order valence-electron chi connectivity index (χ1n) is 8.97. The first-order valence-corrected chi connectivity index (χ1v) is 9.85. The first-order chi connectivity index (χ1) is 12.7. The maximum atomic E-state index is 11.2. The second-order valence-corrected chi connectivity index (χ2v) is 7.78. The Bertz CT molecular complexity index is 895. The van der Waals surface area contributed by atoms with Crippen LogP contribution in [0.1, 0.15) is 21.5 Å². The van der Waals surface area contributed by atoms with E-state index in [-0.39, 0.29) is 5.91 Å². The average molecular weight is 366 g/mol. The van der Waals surface area contributed by atoms with Gasteiger partial charge in [0.1, 0.15) is 0 Å². The van der Waals surface area contributed by atoms with Crippen molar-refractivity contribution in [2.45, 2.75) is 13.1 Å². The highest BCUT2D eigenvalue weighted by Crippen LogP contribution is 2.27. The minimum atomic E-state index is -0.369. The van der Waals surface area contributed by atoms with E-state index in [1.165, 1.54) is 21.2 Å². The fraction of sp³-hybridized carbons (Fsp3) is 0.286. The molecule has 0 bridgehead atoms. The van der Waals surface area contributed by atoms with E-state index in [9.17, 15) is 4.79 Å². The third-order valence-corrected chi connectivity index (χ3v) is 6.08. The molecule has 4 rings (SSSR count). The van der Waals surface area contributed by atoms with Gasteiger partial charge in [0.2, 0.25) is 5.91 Å². The van der Waals surface area contributed by atoms with E-state index in [1.54, 1.807) is 0 Å². The van der Waals surface area contributed by atoms with E-state index < -0.39 is 0 Å². The lowest BCUT2D eigenvalue weighted by Gasteiger charge is -2.34. The molecule has 0 unspecified atom stereocenters. The summed E-state index contributed by atoms with van der Waals surface area (Å²) in [6.07, 6.45) is 0. The summed E-state index contributed by atoms with van der Waals surface area (Å²) in [7, 11) is 0. The van der Waals surface area contributed by atoms with Crippen LogP contribution >= 0.6 is 11.3 Å². The van der Waals surface area contributed by atoms with Crippen molar-refractivity contribution in [3.05, 3.63) is 70.6 Å². The SMILES string of the molecule is NC(=O)c1ccc(CN2CCN(Cc3csc4ccccc34)CC2)cc1. The Balaban J connectivity index is 1.32. The Labute approximate surface area is 157 Å². The molecule has 1 amide bonds. The van der Waals surface area contributed by atoms with Crippen molar-refractivity contribution in [3.8, 4) is 0 Å². The van der Waals surface area contributed by atoms with Gasteiger partial charge in [-0.3, -0.25) is 14.6 Å². The summed E-state index contributed by atoms with van der Waals surface area (Å²) >= 11 is 1.84. The van der Waals surface area contributed by atoms with Crippen molar-refractivity contribution in [1.82, 2.24) is 9.80 Å². The predicted octanol–water partition coefficient (Wildman–Crippen LogP) is 3.32. The number of piperazine rings is 1. The van der Waals surface area contributed by atoms with Crippen LogP contribution in [0.4, 0.5) is 0 Å². The smallest absolute Gasteiger partial charge is 0.248 e. The monoisotopic (exact) mass is 365 g/mol. The van der Waals surface area contributed by atoms with Crippen LogP contribution in [-0.2, 0) is 13.1 Å². The average Bonchev–Trinajstić information content (AvgIpc) is 3.07. The molecule has 2 aromatic carbocycles. The van der Waals surface area contributed by atoms with Gasteiger partial charge in [0.05, 0.1) is 0 Å². The first kappa shape index (κ1) is 17.2. The number of fused-ring (bicyclic) bond motifs is 1. The van der Waals surface area contributed by atoms with E-state index in [4.69, 9.17) is 5.73 Å². The number of hydrogen-bond acceptors (Lipinski definition) is 4. The van der Waals surface area contributed by atoms with Gasteiger partial charge in [-0.25, -0.2) is 0 Å². The van der Waals surface area contributed by atoms with Gasteiger partial charge >= 0.3 is 0 Å². The molecule has 3 aromatic rings. The summed E-state index contributed by atoms with van der Waals surface area (Å²) < 4.78 is 1.38. The Kier molecular flexibility index (Phi) is 5.02. The molecule has 1 saturated heterocycles. The van der Waals surface area contributed by atoms with Crippen LogP contribution in [0.2, 0.25) is 0 Å². The van der Waals surface area contributed by atoms with Crippen molar-refractivity contribution in [1.29, 1.82) is 0 Å². The number of thiophene rings is 1. The third-order valence-electron chi connectivity index (χ3n) is 5.06. The van der Waals surface area contributed by atoms with E-state index in [1.807, 2.05) is 35.6 Å². The quantitative estimate of drug-likeness (QED) is 0.755. The molecule has 1 aliphatic heterocycles. The second-order valence-electron chi connectivity index (χ2n) is 6.87. The van der Waals surface area contributed by atoms with Gasteiger partial charge in [0.25, 0.3) is 0 Å². The molecule has 26 heavy (non-hydrogen) atoms. The van der Waals surface area contributed by atoms with Crippen LogP contribution in [0.5, 0.6) is 0 Å². The lowest BCUT2D eigenvalue weighted by atomic mass is 10.1. The Morgan fingerprint density at radius 1 is 0.923 bits per heavy atom. The molecule has 1 aliphatic rings. The van der Waals surface area contributed by atoms with Gasteiger partial charge in [-0.1, -0.05) is 30.3 Å². The molecule has 2 N–H and O–H groups in total. The van der Waals surface area contributed by atoms with E-state index in [2.05, 4.69) is 39.4 Å². The number of nitrogens with two attached hydrogens (primary N) is 1. The van der Waals surface area contributed by atoms with Gasteiger partial charge in [-0.15, -0.1) is 11.3 Å². The summed E-state index contributed by atoms with van der Waals surface area (Å²) in [5.74, 6) is -0.369. The number of benzene rings is 2. The number of carbonyl (C=O) groups is 1. The fourth-order valence-corrected chi connectivity index (χ4v) is 4.49. The second kappa shape index (κ2) is 7.58. The third kappa shape index (κ3) is 3.80. The molecule has 4 nitrogen and oxygen atoms in total. The van der Waals surface area contributed by atoms with E-state index in [0.717, 1.165) is 39.3 Å². The van der Waals surface area contributed by atoms with Crippen LogP contribution < -0.4 is 5.73 Å². The molecule has 5 heteroatoms. The van der Waals surface area contributed by atoms with Crippen molar-refractivity contribution in [2.75, 3.05) is 26.2 Å². The van der Waals surface area contributed by atoms with Gasteiger partial charge in [0, 0.05) is 49.5 Å². The lowest BCUT2D eigenvalue weighted by molar-refractivity contribution is 0.1000. The highest BCUT2D eigenvalue weighted by molar-refractivity contribution is 7.17. The molecule has 2 heterocycles. The van der Waals surface area contributed by atoms with Crippen LogP contribution in [0.15, 0.2) is 53.9 Å². The van der Waals surface area contributed by atoms with E-state index in [0.29, 0.717) is 5.56 Å². The highest BCUT2D eigenvalue weighted by Gasteiger charge is 2.18. The minimum absolute atomic E-state index is 0.369. The fourth-order valence-electron chi connectivity index (χ4n) is 3.53. The van der Waals surface area contributed by atoms with Crippen LogP contribution in [0.3, 0.4) is 0 Å². The molecular formula is C21H23N3OS. The van der Waals surface area contributed by atoms with Crippen molar-refractivity contribution in [3.63, 3.8) is 0 Å². The number of nitrogens with zero attached hydrogens (tertiary/aromatic N) is 2. The van der Waals surface area contributed by atoms with Gasteiger partial charge in [-0.2, -0.15) is 0 Å². The predicted molar refractivity (Wildman–Crippen MR) is 107 cm³/mol. The molecule has 0 radical (unpaired) electrons. The zero-order valence-electron chi connectivity index (χ0n) is 14.7. The van der Waals surface area contributed by atoms with E-state index >= 15 is 0 Å². The number of amides is 1. The molecule has 0 aliphatic carbocycles. The number of hydrogen-bond donors (Lipinski definition) is 1. The Morgan fingerprint density at radius 2 is 1.58 bits per heavy atom. The Hall–Kier alpha value is -2.21. The molecule has 1 aromatic heterocycles. The summed E-state index contributed by atoms with van der Waals surface area (Å²) in [6.45, 7) is 6.27. The Morgan fingerprint density at radius 3 is 2.27 bits per heavy atom. The molecule has 134 valence electrons. The maximum absolute atomic E-state index is 11.2. The van der Waals surface area contributed by atoms with Crippen LogP contribution in [0, 0.1) is 0 Å². The number of primary amides is 1. The van der Waals surface area contributed by atoms with Crippen LogP contribution in [-0.4, -0.2) is 41.9 Å². The standard InChI is InChI=1S/C21H23N3OS/c22-21(25)17-7-5-16(6-8-17)13-23-9-11-24(12-10-23)14-18-15-26-20-4-2-1-3-19(18)20/h1-8,15H,9-14H2,(H2,22,25). The summed E-state index contributed by atoms with van der Waals surface area (Å²) in [4.78, 5) is 16.2. The summed E-state index contributed by atoms with van der Waals surface area (Å²) in [5, 5.41) is 3.70. The highest BCUT2D eigenvalue weighted by atomic mass is 32.1. The van der Waals surface area contributed by atoms with Gasteiger partial charge in [0.15, 0.2) is 0 Å². The van der Waals surface area contributed by atoms with Gasteiger partial charge in [-0.05, 0) is 40.1 Å². The zero-order chi connectivity index (χ0) is 17.9.